The van der Waals surface area contributed by atoms with Crippen LogP contribution in [0, 0.1) is 12.8 Å². The van der Waals surface area contributed by atoms with E-state index in [0.29, 0.717) is 30.2 Å². The number of ether oxygens (including phenoxy) is 1. The van der Waals surface area contributed by atoms with E-state index < -0.39 is 0 Å². The Bertz CT molecular complexity index is 371. The van der Waals surface area contributed by atoms with Crippen LogP contribution in [0.5, 0.6) is 5.88 Å². The molecule has 1 heterocycles. The van der Waals surface area contributed by atoms with E-state index in [-0.39, 0.29) is 6.04 Å². The van der Waals surface area contributed by atoms with Crippen molar-refractivity contribution in [2.45, 2.75) is 40.2 Å². The average Bonchev–Trinajstić information content (AvgIpc) is 2.28. The highest BCUT2D eigenvalue weighted by atomic mass is 35.5. The largest absolute Gasteiger partial charge is 0.478 e. The van der Waals surface area contributed by atoms with Crippen LogP contribution in [0.25, 0.3) is 0 Å². The quantitative estimate of drug-likeness (QED) is 0.774. The highest BCUT2D eigenvalue weighted by Crippen LogP contribution is 2.16. The molecule has 0 radical (unpaired) electrons. The number of hydrogen-bond donors (Lipinski definition) is 1. The Kier molecular flexibility index (Phi) is 6.19. The molecule has 0 saturated carbocycles. The first-order valence-electron chi connectivity index (χ1n) is 6.37. The summed E-state index contributed by atoms with van der Waals surface area (Å²) in [5, 5.41) is 3.33. The van der Waals surface area contributed by atoms with Gasteiger partial charge in [-0.3, -0.25) is 0 Å². The molecule has 0 bridgehead atoms. The van der Waals surface area contributed by atoms with Gasteiger partial charge in [0.2, 0.25) is 11.8 Å². The smallest absolute Gasteiger partial charge is 0.226 e. The van der Waals surface area contributed by atoms with Crippen LogP contribution in [-0.2, 0) is 0 Å². The fraction of sp³-hybridized carbons (Fsp3) is 0.692. The van der Waals surface area contributed by atoms with Crippen molar-refractivity contribution in [1.82, 2.24) is 9.97 Å². The fourth-order valence-electron chi connectivity index (χ4n) is 1.68. The molecule has 0 amide bonds. The van der Waals surface area contributed by atoms with E-state index in [1.807, 2.05) is 19.9 Å². The van der Waals surface area contributed by atoms with Gasteiger partial charge in [-0.25, -0.2) is 4.98 Å². The summed E-state index contributed by atoms with van der Waals surface area (Å²) in [4.78, 5) is 8.72. The Morgan fingerprint density at radius 3 is 2.67 bits per heavy atom. The number of nitrogens with zero attached hydrogens (tertiary/aromatic N) is 2. The summed E-state index contributed by atoms with van der Waals surface area (Å²) in [6, 6.07) is 2.11. The predicted molar refractivity (Wildman–Crippen MR) is 75.5 cm³/mol. The van der Waals surface area contributed by atoms with E-state index in [0.717, 1.165) is 12.1 Å². The zero-order chi connectivity index (χ0) is 13.5. The first-order chi connectivity index (χ1) is 8.56. The number of rotatable bonds is 7. The van der Waals surface area contributed by atoms with Gasteiger partial charge in [0.25, 0.3) is 0 Å². The second-order valence-corrected chi connectivity index (χ2v) is 4.95. The summed E-state index contributed by atoms with van der Waals surface area (Å²) >= 11 is 5.81. The molecule has 18 heavy (non-hydrogen) atoms. The van der Waals surface area contributed by atoms with E-state index in [1.54, 1.807) is 0 Å². The number of aromatic nitrogens is 2. The lowest BCUT2D eigenvalue weighted by atomic mass is 10.0. The third-order valence-electron chi connectivity index (χ3n) is 2.66. The molecule has 1 rings (SSSR count). The third-order valence-corrected chi connectivity index (χ3v) is 2.88. The Morgan fingerprint density at radius 2 is 2.11 bits per heavy atom. The zero-order valence-electron chi connectivity index (χ0n) is 11.5. The predicted octanol–water partition coefficient (Wildman–Crippen LogP) is 3.25. The van der Waals surface area contributed by atoms with Crippen molar-refractivity contribution >= 4 is 17.5 Å². The van der Waals surface area contributed by atoms with E-state index in [4.69, 9.17) is 16.3 Å². The zero-order valence-corrected chi connectivity index (χ0v) is 12.3. The van der Waals surface area contributed by atoms with Crippen molar-refractivity contribution in [3.05, 3.63) is 11.8 Å². The monoisotopic (exact) mass is 271 g/mol. The maximum Gasteiger partial charge on any atom is 0.226 e. The lowest BCUT2D eigenvalue weighted by Gasteiger charge is -2.21. The molecule has 1 aromatic heterocycles. The second-order valence-electron chi connectivity index (χ2n) is 4.58. The first-order valence-corrected chi connectivity index (χ1v) is 6.91. The van der Waals surface area contributed by atoms with E-state index in [9.17, 15) is 0 Å². The molecule has 1 unspecified atom stereocenters. The van der Waals surface area contributed by atoms with Crippen LogP contribution in [0.3, 0.4) is 0 Å². The van der Waals surface area contributed by atoms with Crippen LogP contribution >= 0.6 is 11.6 Å². The number of anilines is 1. The maximum atomic E-state index is 5.81. The number of hydrogen-bond acceptors (Lipinski definition) is 4. The Labute approximate surface area is 114 Å². The van der Waals surface area contributed by atoms with E-state index in [1.165, 1.54) is 0 Å². The Hall–Kier alpha value is -1.03. The molecular weight excluding hydrogens is 250 g/mol. The Balaban J connectivity index is 2.81. The van der Waals surface area contributed by atoms with Crippen LogP contribution < -0.4 is 10.1 Å². The van der Waals surface area contributed by atoms with Crippen molar-refractivity contribution in [1.29, 1.82) is 0 Å². The second kappa shape index (κ2) is 7.41. The molecule has 0 saturated heterocycles. The minimum atomic E-state index is 0.277. The third kappa shape index (κ3) is 4.69. The molecule has 1 aromatic rings. The lowest BCUT2D eigenvalue weighted by molar-refractivity contribution is 0.326. The van der Waals surface area contributed by atoms with Gasteiger partial charge in [0.15, 0.2) is 0 Å². The average molecular weight is 272 g/mol. The van der Waals surface area contributed by atoms with Crippen LogP contribution in [0.1, 0.15) is 32.9 Å². The topological polar surface area (TPSA) is 47.0 Å². The summed E-state index contributed by atoms with van der Waals surface area (Å²) in [6.07, 6.45) is 0.889. The van der Waals surface area contributed by atoms with Gasteiger partial charge in [-0.15, -0.1) is 11.6 Å². The SMILES string of the molecule is CCOc1cc(C)nc(NC(CCCl)C(C)C)n1. The van der Waals surface area contributed by atoms with Gasteiger partial charge in [0.1, 0.15) is 0 Å². The van der Waals surface area contributed by atoms with Crippen molar-refractivity contribution < 1.29 is 4.74 Å². The van der Waals surface area contributed by atoms with Crippen LogP contribution in [0.4, 0.5) is 5.95 Å². The van der Waals surface area contributed by atoms with E-state index in [2.05, 4.69) is 29.1 Å². The Morgan fingerprint density at radius 1 is 1.39 bits per heavy atom. The molecule has 102 valence electrons. The molecule has 0 spiro atoms. The summed E-state index contributed by atoms with van der Waals surface area (Å²) < 4.78 is 5.41. The number of nitrogens with one attached hydrogen (secondary N) is 1. The molecule has 0 aliphatic rings. The molecule has 0 fully saturated rings. The van der Waals surface area contributed by atoms with Gasteiger partial charge in [0, 0.05) is 23.7 Å². The van der Waals surface area contributed by atoms with Crippen molar-refractivity contribution in [3.8, 4) is 5.88 Å². The number of aryl methyl sites for hydroxylation is 1. The molecule has 1 atom stereocenters. The van der Waals surface area contributed by atoms with Gasteiger partial charge in [0.05, 0.1) is 6.61 Å². The minimum absolute atomic E-state index is 0.277. The molecule has 5 heteroatoms. The van der Waals surface area contributed by atoms with Gasteiger partial charge in [-0.2, -0.15) is 4.98 Å². The maximum absolute atomic E-state index is 5.81. The normalized spacial score (nSPS) is 12.6. The van der Waals surface area contributed by atoms with E-state index >= 15 is 0 Å². The summed E-state index contributed by atoms with van der Waals surface area (Å²) in [6.45, 7) is 8.79. The molecule has 0 aromatic carbocycles. The van der Waals surface area contributed by atoms with Gasteiger partial charge in [-0.1, -0.05) is 13.8 Å². The van der Waals surface area contributed by atoms with Gasteiger partial charge >= 0.3 is 0 Å². The minimum Gasteiger partial charge on any atom is -0.478 e. The first kappa shape index (κ1) is 15.0. The van der Waals surface area contributed by atoms with Crippen molar-refractivity contribution in [3.63, 3.8) is 0 Å². The highest BCUT2D eigenvalue weighted by Gasteiger charge is 2.14. The number of halogens is 1. The molecule has 4 nitrogen and oxygen atoms in total. The standard InChI is InChI=1S/C13H22ClN3O/c1-5-18-12-8-10(4)15-13(17-12)16-11(6-7-14)9(2)3/h8-9,11H,5-7H2,1-4H3,(H,15,16,17). The van der Waals surface area contributed by atoms with Crippen LogP contribution in [0.15, 0.2) is 6.07 Å². The molecule has 0 aliphatic carbocycles. The number of alkyl halides is 1. The summed E-state index contributed by atoms with van der Waals surface area (Å²) in [7, 11) is 0. The van der Waals surface area contributed by atoms with Crippen molar-refractivity contribution in [2.75, 3.05) is 17.8 Å². The highest BCUT2D eigenvalue weighted by molar-refractivity contribution is 6.17. The molecular formula is C13H22ClN3O. The fourth-order valence-corrected chi connectivity index (χ4v) is 1.92. The molecule has 1 N–H and O–H groups in total. The van der Waals surface area contributed by atoms with Crippen LogP contribution in [0.2, 0.25) is 0 Å². The van der Waals surface area contributed by atoms with Crippen LogP contribution in [-0.4, -0.2) is 28.5 Å². The van der Waals surface area contributed by atoms with Crippen molar-refractivity contribution in [2.24, 2.45) is 5.92 Å². The lowest BCUT2D eigenvalue weighted by Crippen LogP contribution is -2.27. The van der Waals surface area contributed by atoms with Gasteiger partial charge in [-0.05, 0) is 26.2 Å². The van der Waals surface area contributed by atoms with Gasteiger partial charge < -0.3 is 10.1 Å². The molecule has 0 aliphatic heterocycles. The summed E-state index contributed by atoms with van der Waals surface area (Å²) in [5.74, 6) is 2.33. The summed E-state index contributed by atoms with van der Waals surface area (Å²) in [5.41, 5.74) is 0.893.